The lowest BCUT2D eigenvalue weighted by Crippen LogP contribution is -2.04. The third-order valence-electron chi connectivity index (χ3n) is 2.39. The Hall–Kier alpha value is -1.81. The number of oxazole rings is 1. The summed E-state index contributed by atoms with van der Waals surface area (Å²) in [6.07, 6.45) is 1.66. The van der Waals surface area contributed by atoms with Crippen molar-refractivity contribution in [3.63, 3.8) is 0 Å². The van der Waals surface area contributed by atoms with E-state index in [-0.39, 0.29) is 0 Å². The average Bonchev–Trinajstić information content (AvgIpc) is 2.77. The molecule has 2 rings (SSSR count). The van der Waals surface area contributed by atoms with E-state index in [4.69, 9.17) is 9.15 Å². The first-order valence-electron chi connectivity index (χ1n) is 5.46. The molecule has 0 spiro atoms. The van der Waals surface area contributed by atoms with E-state index in [1.165, 1.54) is 0 Å². The molecule has 0 fully saturated rings. The SMILES string of the molecule is COc1ccc(-c2nc(CC(C)O)co2)cc1. The van der Waals surface area contributed by atoms with Crippen LogP contribution in [0.15, 0.2) is 34.9 Å². The van der Waals surface area contributed by atoms with Crippen LogP contribution in [0, 0.1) is 0 Å². The van der Waals surface area contributed by atoms with Crippen LogP contribution in [0.2, 0.25) is 0 Å². The van der Waals surface area contributed by atoms with Gasteiger partial charge in [0.2, 0.25) is 5.89 Å². The van der Waals surface area contributed by atoms with E-state index in [1.54, 1.807) is 20.3 Å². The fraction of sp³-hybridized carbons (Fsp3) is 0.308. The number of ether oxygens (including phenoxy) is 1. The number of nitrogens with zero attached hydrogens (tertiary/aromatic N) is 1. The van der Waals surface area contributed by atoms with Crippen molar-refractivity contribution >= 4 is 0 Å². The molecule has 90 valence electrons. The fourth-order valence-corrected chi connectivity index (χ4v) is 1.57. The van der Waals surface area contributed by atoms with Gasteiger partial charge in [-0.25, -0.2) is 4.98 Å². The van der Waals surface area contributed by atoms with Crippen molar-refractivity contribution in [1.82, 2.24) is 4.98 Å². The largest absolute Gasteiger partial charge is 0.497 e. The Morgan fingerprint density at radius 1 is 1.35 bits per heavy atom. The lowest BCUT2D eigenvalue weighted by Gasteiger charge is -2.00. The Labute approximate surface area is 99.9 Å². The van der Waals surface area contributed by atoms with Crippen molar-refractivity contribution in [1.29, 1.82) is 0 Å². The minimum Gasteiger partial charge on any atom is -0.497 e. The molecule has 0 amide bonds. The minimum atomic E-state index is -0.413. The standard InChI is InChI=1S/C13H15NO3/c1-9(15)7-11-8-17-13(14-11)10-3-5-12(16-2)6-4-10/h3-6,8-9,15H,7H2,1-2H3. The van der Waals surface area contributed by atoms with Gasteiger partial charge in [0.25, 0.3) is 0 Å². The summed E-state index contributed by atoms with van der Waals surface area (Å²) in [5, 5.41) is 9.26. The maximum atomic E-state index is 9.26. The fourth-order valence-electron chi connectivity index (χ4n) is 1.57. The number of methoxy groups -OCH3 is 1. The number of hydrogen-bond acceptors (Lipinski definition) is 4. The van der Waals surface area contributed by atoms with E-state index < -0.39 is 6.10 Å². The summed E-state index contributed by atoms with van der Waals surface area (Å²) < 4.78 is 10.4. The van der Waals surface area contributed by atoms with Gasteiger partial charge >= 0.3 is 0 Å². The van der Waals surface area contributed by atoms with Gasteiger partial charge in [0, 0.05) is 12.0 Å². The van der Waals surface area contributed by atoms with Crippen molar-refractivity contribution < 1.29 is 14.3 Å². The molecule has 1 atom stereocenters. The molecule has 0 radical (unpaired) electrons. The quantitative estimate of drug-likeness (QED) is 0.880. The molecular formula is C13H15NO3. The number of rotatable bonds is 4. The van der Waals surface area contributed by atoms with Gasteiger partial charge in [-0.2, -0.15) is 0 Å². The molecule has 17 heavy (non-hydrogen) atoms. The summed E-state index contributed by atoms with van der Waals surface area (Å²) in [5.74, 6) is 1.35. The second-order valence-corrected chi connectivity index (χ2v) is 3.93. The highest BCUT2D eigenvalue weighted by atomic mass is 16.5. The Balaban J connectivity index is 2.18. The average molecular weight is 233 g/mol. The van der Waals surface area contributed by atoms with Crippen LogP contribution in [0.3, 0.4) is 0 Å². The zero-order chi connectivity index (χ0) is 12.3. The van der Waals surface area contributed by atoms with Crippen LogP contribution in [0.1, 0.15) is 12.6 Å². The number of hydrogen-bond donors (Lipinski definition) is 1. The monoisotopic (exact) mass is 233 g/mol. The molecule has 0 bridgehead atoms. The van der Waals surface area contributed by atoms with E-state index in [2.05, 4.69) is 4.98 Å². The van der Waals surface area contributed by atoms with Crippen LogP contribution in [0.25, 0.3) is 11.5 Å². The predicted molar refractivity (Wildman–Crippen MR) is 63.9 cm³/mol. The molecule has 1 aromatic heterocycles. The first-order chi connectivity index (χ1) is 8.19. The highest BCUT2D eigenvalue weighted by Crippen LogP contribution is 2.22. The molecule has 1 aromatic carbocycles. The minimum absolute atomic E-state index is 0.413. The lowest BCUT2D eigenvalue weighted by molar-refractivity contribution is 0.194. The number of benzene rings is 1. The molecule has 0 aliphatic carbocycles. The van der Waals surface area contributed by atoms with Gasteiger partial charge in [0.05, 0.1) is 18.9 Å². The second-order valence-electron chi connectivity index (χ2n) is 3.93. The zero-order valence-corrected chi connectivity index (χ0v) is 9.88. The molecule has 2 aromatic rings. The zero-order valence-electron chi connectivity index (χ0n) is 9.88. The summed E-state index contributed by atoms with van der Waals surface area (Å²) in [7, 11) is 1.63. The lowest BCUT2D eigenvalue weighted by atomic mass is 10.2. The van der Waals surface area contributed by atoms with E-state index in [9.17, 15) is 5.11 Å². The molecule has 1 heterocycles. The van der Waals surface area contributed by atoms with Crippen molar-refractivity contribution in [3.8, 4) is 17.2 Å². The molecule has 0 saturated heterocycles. The highest BCUT2D eigenvalue weighted by molar-refractivity contribution is 5.54. The molecule has 4 heteroatoms. The summed E-state index contributed by atoms with van der Waals surface area (Å²) >= 11 is 0. The summed E-state index contributed by atoms with van der Waals surface area (Å²) in [4.78, 5) is 4.31. The van der Waals surface area contributed by atoms with Gasteiger partial charge in [0.1, 0.15) is 12.0 Å². The van der Waals surface area contributed by atoms with Gasteiger partial charge in [-0.05, 0) is 31.2 Å². The van der Waals surface area contributed by atoms with Crippen molar-refractivity contribution in [2.45, 2.75) is 19.4 Å². The highest BCUT2D eigenvalue weighted by Gasteiger charge is 2.08. The van der Waals surface area contributed by atoms with Crippen LogP contribution in [-0.4, -0.2) is 23.3 Å². The molecule has 0 saturated carbocycles. The molecule has 1 N–H and O–H groups in total. The van der Waals surface area contributed by atoms with E-state index in [1.807, 2.05) is 24.3 Å². The smallest absolute Gasteiger partial charge is 0.226 e. The first kappa shape index (κ1) is 11.7. The van der Waals surface area contributed by atoms with Crippen LogP contribution >= 0.6 is 0 Å². The second kappa shape index (κ2) is 5.01. The van der Waals surface area contributed by atoms with Crippen LogP contribution < -0.4 is 4.74 Å². The predicted octanol–water partition coefficient (Wildman–Crippen LogP) is 2.27. The maximum Gasteiger partial charge on any atom is 0.226 e. The van der Waals surface area contributed by atoms with E-state index in [0.717, 1.165) is 17.0 Å². The molecule has 0 aliphatic heterocycles. The van der Waals surface area contributed by atoms with Crippen molar-refractivity contribution in [2.75, 3.05) is 7.11 Å². The van der Waals surface area contributed by atoms with E-state index >= 15 is 0 Å². The third kappa shape index (κ3) is 2.85. The number of aliphatic hydroxyl groups excluding tert-OH is 1. The molecular weight excluding hydrogens is 218 g/mol. The molecule has 0 aliphatic rings. The summed E-state index contributed by atoms with van der Waals surface area (Å²) in [5.41, 5.74) is 1.65. The van der Waals surface area contributed by atoms with Crippen LogP contribution in [-0.2, 0) is 6.42 Å². The molecule has 4 nitrogen and oxygen atoms in total. The van der Waals surface area contributed by atoms with Crippen LogP contribution in [0.5, 0.6) is 5.75 Å². The molecule has 1 unspecified atom stereocenters. The maximum absolute atomic E-state index is 9.26. The Bertz CT molecular complexity index is 474. The van der Waals surface area contributed by atoms with Gasteiger partial charge in [-0.15, -0.1) is 0 Å². The van der Waals surface area contributed by atoms with Crippen molar-refractivity contribution in [2.24, 2.45) is 0 Å². The number of aromatic nitrogens is 1. The van der Waals surface area contributed by atoms with Gasteiger partial charge in [-0.1, -0.05) is 0 Å². The van der Waals surface area contributed by atoms with E-state index in [0.29, 0.717) is 12.3 Å². The normalized spacial score (nSPS) is 12.4. The Kier molecular flexibility index (Phi) is 3.44. The first-order valence-corrected chi connectivity index (χ1v) is 5.46. The van der Waals surface area contributed by atoms with Gasteiger partial charge in [-0.3, -0.25) is 0 Å². The van der Waals surface area contributed by atoms with Crippen molar-refractivity contribution in [3.05, 3.63) is 36.2 Å². The van der Waals surface area contributed by atoms with Gasteiger partial charge in [0.15, 0.2) is 0 Å². The topological polar surface area (TPSA) is 55.5 Å². The van der Waals surface area contributed by atoms with Crippen LogP contribution in [0.4, 0.5) is 0 Å². The number of aliphatic hydroxyl groups is 1. The third-order valence-corrected chi connectivity index (χ3v) is 2.39. The summed E-state index contributed by atoms with van der Waals surface area (Å²) in [6, 6.07) is 7.48. The van der Waals surface area contributed by atoms with Gasteiger partial charge < -0.3 is 14.3 Å². The summed E-state index contributed by atoms with van der Waals surface area (Å²) in [6.45, 7) is 1.72. The Morgan fingerprint density at radius 2 is 2.06 bits per heavy atom. The Morgan fingerprint density at radius 3 is 2.65 bits per heavy atom.